The number of β-lactam (4-membered cyclic amide) rings is 1. The maximum Gasteiger partial charge on any atom is 0.331 e. The summed E-state index contributed by atoms with van der Waals surface area (Å²) in [4.78, 5) is 25.6. The quantitative estimate of drug-likeness (QED) is 0.232. The number of nitrogens with zero attached hydrogens (tertiary/aromatic N) is 1. The summed E-state index contributed by atoms with van der Waals surface area (Å²) in [5, 5.41) is 10.0. The molecule has 23 heavy (non-hydrogen) atoms. The van der Waals surface area contributed by atoms with E-state index < -0.39 is 36.2 Å². The number of hydrogen-bond acceptors (Lipinski definition) is 5. The van der Waals surface area contributed by atoms with Crippen molar-refractivity contribution < 1.29 is 67.9 Å². The molecule has 5 unspecified atom stereocenters. The number of amides is 1. The molecule has 1 aliphatic rings. The van der Waals surface area contributed by atoms with E-state index in [1.54, 1.807) is 6.92 Å². The van der Waals surface area contributed by atoms with Crippen LogP contribution < -0.4 is 0 Å². The number of carbonyl (C=O) groups is 2. The van der Waals surface area contributed by atoms with Crippen LogP contribution in [0.4, 0.5) is 0 Å². The van der Waals surface area contributed by atoms with Gasteiger partial charge in [0.1, 0.15) is 0 Å². The average molecular weight is 566 g/mol. The van der Waals surface area contributed by atoms with Crippen LogP contribution in [0.25, 0.3) is 0 Å². The fraction of sp³-hybridized carbons (Fsp3) is 0.429. The van der Waals surface area contributed by atoms with E-state index in [4.69, 9.17) is 9.16 Å². The minimum Gasteiger partial charge on any atom is -0.467 e. The Hall–Kier alpha value is 0.168. The normalized spacial score (nSPS) is 22.6. The summed E-state index contributed by atoms with van der Waals surface area (Å²) in [6.45, 7) is 1.71. The summed E-state index contributed by atoms with van der Waals surface area (Å²) in [6.07, 6.45) is -1.69. The molecule has 1 fully saturated rings. The van der Waals surface area contributed by atoms with Crippen LogP contribution in [0.1, 0.15) is 18.5 Å². The third-order valence-electron chi connectivity index (χ3n) is 3.69. The van der Waals surface area contributed by atoms with Crippen molar-refractivity contribution in [3.05, 3.63) is 35.9 Å². The Morgan fingerprint density at radius 1 is 1.39 bits per heavy atom. The monoisotopic (exact) mass is 566 g/mol. The molecule has 1 N–H and O–H groups in total. The number of carbonyl (C=O) groups excluding carboxylic acids is 2. The third kappa shape index (κ3) is 4.42. The molecule has 0 aromatic heterocycles. The van der Waals surface area contributed by atoms with E-state index in [0.717, 1.165) is 5.56 Å². The fourth-order valence-electron chi connectivity index (χ4n) is 2.62. The van der Waals surface area contributed by atoms with Crippen molar-refractivity contribution in [2.75, 3.05) is 7.11 Å². The Balaban J connectivity index is 0.00000264. The average Bonchev–Trinajstić information content (AvgIpc) is 2.54. The summed E-state index contributed by atoms with van der Waals surface area (Å²) in [5.74, 6) is -1.05. The number of esters is 1. The van der Waals surface area contributed by atoms with Gasteiger partial charge in [0.05, 0.1) is 19.3 Å². The van der Waals surface area contributed by atoms with Crippen molar-refractivity contribution in [2.45, 2.75) is 31.2 Å². The fourth-order valence-corrected chi connectivity index (χ4v) is 3.61. The van der Waals surface area contributed by atoms with E-state index in [1.165, 1.54) is 12.0 Å². The second-order valence-corrected chi connectivity index (χ2v) is 6.13. The van der Waals surface area contributed by atoms with E-state index in [0.29, 0.717) is 0 Å². The Kier molecular flexibility index (Phi) is 8.85. The van der Waals surface area contributed by atoms with E-state index in [2.05, 4.69) is 8.79 Å². The molecular formula is C14H18AcNO5PSi. The first kappa shape index (κ1) is 21.2. The van der Waals surface area contributed by atoms with E-state index in [-0.39, 0.29) is 53.5 Å². The zero-order valence-electron chi connectivity index (χ0n) is 12.9. The number of ether oxygens (including phenoxy) is 1. The van der Waals surface area contributed by atoms with Crippen LogP contribution in [0, 0.1) is 44.1 Å². The molecule has 1 heterocycles. The first-order valence-corrected chi connectivity index (χ1v) is 9.49. The molecule has 1 amide bonds. The maximum atomic E-state index is 12.1. The molecule has 0 saturated carbocycles. The standard InChI is InChI=1S/C14H18NO5PSi.Ac/c1-8(20-22-21)10(14(18)19-2)15-11(12(16)13(15)17)9-6-4-3-5-7-9;/h3-8,10-12,16H,21H2,1-2H3;. The Labute approximate surface area is 175 Å². The van der Waals surface area contributed by atoms with Crippen LogP contribution in [0.15, 0.2) is 30.3 Å². The summed E-state index contributed by atoms with van der Waals surface area (Å²) in [7, 11) is 3.79. The zero-order valence-corrected chi connectivity index (χ0v) is 19.8. The van der Waals surface area contributed by atoms with Gasteiger partial charge in [0.15, 0.2) is 12.1 Å². The van der Waals surface area contributed by atoms with Gasteiger partial charge in [0.2, 0.25) is 0 Å². The minimum atomic E-state index is -1.15. The minimum absolute atomic E-state index is 0. The number of aliphatic hydroxyl groups excluding tert-OH is 1. The van der Waals surface area contributed by atoms with Crippen molar-refractivity contribution in [1.29, 1.82) is 0 Å². The SMILES string of the molecule is COC(=O)C(C(C)O[Si]P)N1C(=O)C(O)C1c1ccccc1.[Ac]. The first-order chi connectivity index (χ1) is 10.5. The van der Waals surface area contributed by atoms with Crippen molar-refractivity contribution in [2.24, 2.45) is 0 Å². The smallest absolute Gasteiger partial charge is 0.331 e. The van der Waals surface area contributed by atoms with Crippen LogP contribution in [0.5, 0.6) is 0 Å². The maximum absolute atomic E-state index is 12.1. The summed E-state index contributed by atoms with van der Waals surface area (Å²) >= 11 is 0. The molecule has 5 atom stereocenters. The number of aliphatic hydroxyl groups is 1. The molecule has 9 heteroatoms. The van der Waals surface area contributed by atoms with Gasteiger partial charge in [0, 0.05) is 44.1 Å². The van der Waals surface area contributed by atoms with Gasteiger partial charge >= 0.3 is 5.97 Å². The Morgan fingerprint density at radius 3 is 2.52 bits per heavy atom. The van der Waals surface area contributed by atoms with E-state index >= 15 is 0 Å². The van der Waals surface area contributed by atoms with Gasteiger partial charge < -0.3 is 19.2 Å². The molecule has 121 valence electrons. The molecule has 6 nitrogen and oxygen atoms in total. The Morgan fingerprint density at radius 2 is 2.00 bits per heavy atom. The molecule has 1 aromatic rings. The second kappa shape index (κ2) is 9.60. The molecule has 0 spiro atoms. The van der Waals surface area contributed by atoms with Gasteiger partial charge in [-0.1, -0.05) is 30.3 Å². The number of benzene rings is 1. The number of hydrogen-bond donors (Lipinski definition) is 1. The Bertz CT molecular complexity index is 549. The van der Waals surface area contributed by atoms with Gasteiger partial charge in [0.25, 0.3) is 15.3 Å². The summed E-state index contributed by atoms with van der Waals surface area (Å²) in [5.41, 5.74) is 0.768. The molecule has 1 saturated heterocycles. The van der Waals surface area contributed by atoms with Crippen molar-refractivity contribution in [3.8, 4) is 0 Å². The number of methoxy groups -OCH3 is 1. The van der Waals surface area contributed by atoms with Crippen molar-refractivity contribution >= 4 is 30.1 Å². The predicted molar refractivity (Wildman–Crippen MR) is 83.9 cm³/mol. The molecule has 0 bridgehead atoms. The number of likely N-dealkylation sites (tertiary alicyclic amines) is 1. The largest absolute Gasteiger partial charge is 0.467 e. The summed E-state index contributed by atoms with van der Waals surface area (Å²) in [6, 6.07) is 7.64. The zero-order chi connectivity index (χ0) is 16.3. The molecular weight excluding hydrogens is 548 g/mol. The van der Waals surface area contributed by atoms with Gasteiger partial charge in [-0.2, -0.15) is 0 Å². The molecule has 1 aromatic carbocycles. The third-order valence-corrected chi connectivity index (χ3v) is 4.60. The molecule has 1 aliphatic heterocycles. The van der Waals surface area contributed by atoms with Crippen molar-refractivity contribution in [3.63, 3.8) is 0 Å². The molecule has 2 rings (SSSR count). The van der Waals surface area contributed by atoms with Gasteiger partial charge in [-0.3, -0.25) is 4.79 Å². The second-order valence-electron chi connectivity index (χ2n) is 4.95. The molecule has 0 aliphatic carbocycles. The van der Waals surface area contributed by atoms with Crippen LogP contribution in [0.2, 0.25) is 0 Å². The van der Waals surface area contributed by atoms with Gasteiger partial charge in [-0.05, 0) is 12.5 Å². The van der Waals surface area contributed by atoms with E-state index in [1.807, 2.05) is 30.3 Å². The van der Waals surface area contributed by atoms with E-state index in [9.17, 15) is 14.7 Å². The van der Waals surface area contributed by atoms with Crippen molar-refractivity contribution in [1.82, 2.24) is 4.90 Å². The topological polar surface area (TPSA) is 76.1 Å². The van der Waals surface area contributed by atoms with Crippen LogP contribution in [-0.2, 0) is 18.8 Å². The summed E-state index contributed by atoms with van der Waals surface area (Å²) < 4.78 is 10.3. The van der Waals surface area contributed by atoms with Gasteiger partial charge in [-0.25, -0.2) is 4.79 Å². The first-order valence-electron chi connectivity index (χ1n) is 6.77. The van der Waals surface area contributed by atoms with Crippen LogP contribution in [0.3, 0.4) is 0 Å². The predicted octanol–water partition coefficient (Wildman–Crippen LogP) is 0.287. The molecule has 3 radical (unpaired) electrons. The van der Waals surface area contributed by atoms with Gasteiger partial charge in [-0.15, -0.1) is 8.79 Å². The number of rotatable bonds is 6. The van der Waals surface area contributed by atoms with Crippen LogP contribution >= 0.6 is 8.79 Å². The van der Waals surface area contributed by atoms with Crippen LogP contribution in [-0.4, -0.2) is 56.7 Å².